The number of rotatable bonds is 3. The number of nitrogen functional groups attached to an aromatic ring is 1. The smallest absolute Gasteiger partial charge is 0.224 e. The topological polar surface area (TPSA) is 89.3 Å². The molecule has 0 bridgehead atoms. The Labute approximate surface area is 113 Å². The minimum Gasteiger partial charge on any atom is -0.398 e. The summed E-state index contributed by atoms with van der Waals surface area (Å²) in [5.41, 5.74) is 7.31. The molecule has 104 valence electrons. The monoisotopic (exact) mass is 282 g/mol. The highest BCUT2D eigenvalue weighted by Crippen LogP contribution is 2.22. The Morgan fingerprint density at radius 3 is 2.68 bits per heavy atom. The number of para-hydroxylation sites is 1. The quantitative estimate of drug-likeness (QED) is 0.805. The molecule has 2 rings (SSSR count). The summed E-state index contributed by atoms with van der Waals surface area (Å²) in [6.07, 6.45) is 0.408. The third-order valence-electron chi connectivity index (χ3n) is 3.42. The molecule has 1 aromatic carbocycles. The van der Waals surface area contributed by atoms with Crippen molar-refractivity contribution in [2.24, 2.45) is 5.92 Å². The van der Waals surface area contributed by atoms with E-state index in [0.717, 1.165) is 5.56 Å². The normalized spacial score (nSPS) is 22.9. The van der Waals surface area contributed by atoms with Gasteiger partial charge in [-0.3, -0.25) is 4.79 Å². The van der Waals surface area contributed by atoms with Crippen LogP contribution in [0.3, 0.4) is 0 Å². The summed E-state index contributed by atoms with van der Waals surface area (Å²) in [6.45, 7) is 1.84. The van der Waals surface area contributed by atoms with Gasteiger partial charge in [0.05, 0.1) is 23.5 Å². The highest BCUT2D eigenvalue weighted by molar-refractivity contribution is 7.91. The molecule has 0 saturated carbocycles. The summed E-state index contributed by atoms with van der Waals surface area (Å²) in [5, 5.41) is 2.83. The summed E-state index contributed by atoms with van der Waals surface area (Å²) in [5.74, 6) is -0.586. The lowest BCUT2D eigenvalue weighted by Crippen LogP contribution is -2.33. The molecule has 6 heteroatoms. The van der Waals surface area contributed by atoms with Gasteiger partial charge in [0.2, 0.25) is 5.91 Å². The van der Waals surface area contributed by atoms with Crippen LogP contribution in [0.15, 0.2) is 24.3 Å². The molecule has 1 aliphatic rings. The van der Waals surface area contributed by atoms with E-state index in [2.05, 4.69) is 5.32 Å². The Hall–Kier alpha value is -1.56. The van der Waals surface area contributed by atoms with E-state index >= 15 is 0 Å². The summed E-state index contributed by atoms with van der Waals surface area (Å²) < 4.78 is 22.7. The number of sulfone groups is 1. The van der Waals surface area contributed by atoms with E-state index in [-0.39, 0.29) is 23.5 Å². The fourth-order valence-corrected chi connectivity index (χ4v) is 4.06. The standard InChI is InChI=1S/C13H18N2O3S/c1-9(11-4-2-3-5-12(11)14)15-13(16)10-6-7-19(17,18)8-10/h2-5,9-10H,6-8,14H2,1H3,(H,15,16). The first-order valence-corrected chi connectivity index (χ1v) is 8.06. The number of carbonyl (C=O) groups is 1. The summed E-state index contributed by atoms with van der Waals surface area (Å²) in [6, 6.07) is 7.09. The Balaban J connectivity index is 2.02. The Kier molecular flexibility index (Phi) is 3.80. The van der Waals surface area contributed by atoms with Crippen LogP contribution in [-0.2, 0) is 14.6 Å². The van der Waals surface area contributed by atoms with Crippen molar-refractivity contribution in [3.8, 4) is 0 Å². The lowest BCUT2D eigenvalue weighted by atomic mass is 10.0. The van der Waals surface area contributed by atoms with Gasteiger partial charge >= 0.3 is 0 Å². The molecule has 1 aromatic rings. The van der Waals surface area contributed by atoms with Crippen molar-refractivity contribution in [1.29, 1.82) is 0 Å². The van der Waals surface area contributed by atoms with Gasteiger partial charge in [-0.1, -0.05) is 18.2 Å². The number of hydrogen-bond acceptors (Lipinski definition) is 4. The van der Waals surface area contributed by atoms with E-state index in [9.17, 15) is 13.2 Å². The fraction of sp³-hybridized carbons (Fsp3) is 0.462. The average molecular weight is 282 g/mol. The van der Waals surface area contributed by atoms with Gasteiger partial charge < -0.3 is 11.1 Å². The number of amides is 1. The molecule has 0 spiro atoms. The SMILES string of the molecule is CC(NC(=O)C1CCS(=O)(=O)C1)c1ccccc1N. The average Bonchev–Trinajstić information content (AvgIpc) is 2.70. The maximum atomic E-state index is 12.0. The molecular weight excluding hydrogens is 264 g/mol. The summed E-state index contributed by atoms with van der Waals surface area (Å²) >= 11 is 0. The van der Waals surface area contributed by atoms with Crippen LogP contribution in [0.4, 0.5) is 5.69 Å². The van der Waals surface area contributed by atoms with Crippen molar-refractivity contribution in [2.75, 3.05) is 17.2 Å². The molecule has 1 saturated heterocycles. The Bertz CT molecular complexity index is 583. The number of carbonyl (C=O) groups excluding carboxylic acids is 1. The minimum absolute atomic E-state index is 0.0458. The summed E-state index contributed by atoms with van der Waals surface area (Å²) in [7, 11) is -3.03. The number of nitrogens with two attached hydrogens (primary N) is 1. The first kappa shape index (κ1) is 13.9. The van der Waals surface area contributed by atoms with Gasteiger partial charge in [-0.15, -0.1) is 0 Å². The molecule has 0 aromatic heterocycles. The van der Waals surface area contributed by atoms with Crippen molar-refractivity contribution in [3.63, 3.8) is 0 Å². The zero-order valence-electron chi connectivity index (χ0n) is 10.8. The fourth-order valence-electron chi connectivity index (χ4n) is 2.32. The van der Waals surface area contributed by atoms with Crippen molar-refractivity contribution < 1.29 is 13.2 Å². The largest absolute Gasteiger partial charge is 0.398 e. The molecular formula is C13H18N2O3S. The van der Waals surface area contributed by atoms with Crippen LogP contribution < -0.4 is 11.1 Å². The molecule has 2 unspecified atom stereocenters. The molecule has 1 amide bonds. The first-order valence-electron chi connectivity index (χ1n) is 6.24. The predicted molar refractivity (Wildman–Crippen MR) is 74.2 cm³/mol. The van der Waals surface area contributed by atoms with Crippen LogP contribution in [0.2, 0.25) is 0 Å². The number of anilines is 1. The number of benzene rings is 1. The molecule has 3 N–H and O–H groups in total. The molecule has 5 nitrogen and oxygen atoms in total. The maximum absolute atomic E-state index is 12.0. The van der Waals surface area contributed by atoms with E-state index in [4.69, 9.17) is 5.73 Å². The van der Waals surface area contributed by atoms with Crippen LogP contribution in [-0.4, -0.2) is 25.8 Å². The third kappa shape index (κ3) is 3.26. The highest BCUT2D eigenvalue weighted by Gasteiger charge is 2.33. The lowest BCUT2D eigenvalue weighted by molar-refractivity contribution is -0.124. The van der Waals surface area contributed by atoms with E-state index in [1.165, 1.54) is 0 Å². The second-order valence-electron chi connectivity index (χ2n) is 4.96. The van der Waals surface area contributed by atoms with Gasteiger partial charge in [-0.2, -0.15) is 0 Å². The predicted octanol–water partition coefficient (Wildman–Crippen LogP) is 0.881. The summed E-state index contributed by atoms with van der Waals surface area (Å²) in [4.78, 5) is 12.0. The first-order chi connectivity index (χ1) is 8.89. The van der Waals surface area contributed by atoms with Crippen molar-refractivity contribution in [1.82, 2.24) is 5.32 Å². The Morgan fingerprint density at radius 2 is 2.11 bits per heavy atom. The van der Waals surface area contributed by atoms with Crippen LogP contribution >= 0.6 is 0 Å². The van der Waals surface area contributed by atoms with Crippen LogP contribution in [0, 0.1) is 5.92 Å². The molecule has 1 fully saturated rings. The van der Waals surface area contributed by atoms with Crippen molar-refractivity contribution >= 4 is 21.4 Å². The zero-order chi connectivity index (χ0) is 14.0. The van der Waals surface area contributed by atoms with Crippen molar-refractivity contribution in [2.45, 2.75) is 19.4 Å². The molecule has 0 radical (unpaired) electrons. The van der Waals surface area contributed by atoms with E-state index in [1.807, 2.05) is 25.1 Å². The van der Waals surface area contributed by atoms with Crippen molar-refractivity contribution in [3.05, 3.63) is 29.8 Å². The second kappa shape index (κ2) is 5.21. The molecule has 2 atom stereocenters. The number of hydrogen-bond donors (Lipinski definition) is 2. The van der Waals surface area contributed by atoms with Crippen LogP contribution in [0.5, 0.6) is 0 Å². The molecule has 1 aliphatic heterocycles. The second-order valence-corrected chi connectivity index (χ2v) is 7.19. The van der Waals surface area contributed by atoms with Crippen LogP contribution in [0.25, 0.3) is 0 Å². The van der Waals surface area contributed by atoms with Gasteiger partial charge in [0, 0.05) is 5.69 Å². The molecule has 0 aliphatic carbocycles. The maximum Gasteiger partial charge on any atom is 0.224 e. The Morgan fingerprint density at radius 1 is 1.42 bits per heavy atom. The minimum atomic E-state index is -3.03. The van der Waals surface area contributed by atoms with Gasteiger partial charge in [0.25, 0.3) is 0 Å². The lowest BCUT2D eigenvalue weighted by Gasteiger charge is -2.18. The molecule has 19 heavy (non-hydrogen) atoms. The van der Waals surface area contributed by atoms with Crippen LogP contribution in [0.1, 0.15) is 24.9 Å². The number of nitrogens with one attached hydrogen (secondary N) is 1. The van der Waals surface area contributed by atoms with E-state index < -0.39 is 15.8 Å². The molecule has 1 heterocycles. The highest BCUT2D eigenvalue weighted by atomic mass is 32.2. The zero-order valence-corrected chi connectivity index (χ0v) is 11.6. The van der Waals surface area contributed by atoms with Gasteiger partial charge in [0.1, 0.15) is 0 Å². The third-order valence-corrected chi connectivity index (χ3v) is 5.19. The van der Waals surface area contributed by atoms with Gasteiger partial charge in [-0.25, -0.2) is 8.42 Å². The van der Waals surface area contributed by atoms with E-state index in [1.54, 1.807) is 6.07 Å². The van der Waals surface area contributed by atoms with Gasteiger partial charge in [-0.05, 0) is 25.0 Å². The van der Waals surface area contributed by atoms with E-state index in [0.29, 0.717) is 12.1 Å². The van der Waals surface area contributed by atoms with Gasteiger partial charge in [0.15, 0.2) is 9.84 Å².